The molecule has 9 nitrogen and oxygen atoms in total. The molecule has 2 aromatic heterocycles. The fourth-order valence-electron chi connectivity index (χ4n) is 5.41. The zero-order valence-electron chi connectivity index (χ0n) is 21.5. The second kappa shape index (κ2) is 11.3. The lowest BCUT2D eigenvalue weighted by Gasteiger charge is -2.36. The van der Waals surface area contributed by atoms with Gasteiger partial charge in [-0.05, 0) is 56.9 Å². The zero-order valence-corrected chi connectivity index (χ0v) is 21.5. The van der Waals surface area contributed by atoms with E-state index in [2.05, 4.69) is 25.6 Å². The smallest absolute Gasteiger partial charge is 0.291 e. The van der Waals surface area contributed by atoms with Gasteiger partial charge in [0.15, 0.2) is 5.82 Å². The van der Waals surface area contributed by atoms with Crippen LogP contribution in [0, 0.1) is 18.7 Å². The molecule has 200 valence electrons. The minimum Gasteiger partial charge on any atom is -0.367 e. The predicted molar refractivity (Wildman–Crippen MR) is 144 cm³/mol. The van der Waals surface area contributed by atoms with E-state index in [0.29, 0.717) is 43.0 Å². The number of imidazole rings is 1. The Morgan fingerprint density at radius 2 is 1.92 bits per heavy atom. The van der Waals surface area contributed by atoms with Crippen LogP contribution in [0.5, 0.6) is 0 Å². The first kappa shape index (κ1) is 25.8. The number of nitrogens with zero attached hydrogens (tertiary/aromatic N) is 3. The van der Waals surface area contributed by atoms with E-state index in [1.165, 1.54) is 6.07 Å². The number of amides is 2. The monoisotopic (exact) mass is 519 g/mol. The highest BCUT2D eigenvalue weighted by atomic mass is 19.1. The average molecular weight is 520 g/mol. The summed E-state index contributed by atoms with van der Waals surface area (Å²) in [5.41, 5.74) is 9.20. The lowest BCUT2D eigenvalue weighted by atomic mass is 9.89. The average Bonchev–Trinajstić information content (AvgIpc) is 3.41. The van der Waals surface area contributed by atoms with E-state index in [4.69, 9.17) is 5.73 Å². The third kappa shape index (κ3) is 5.70. The molecule has 1 aromatic carbocycles. The SMILES string of the molecule is Cc1cc(-c2c[nH]c(C(=O)Nc3cccc(F)c3N3CCC(C(=O)NC4CCCCC4N)CC3)n2)ccn1. The molecule has 5 N–H and O–H groups in total. The van der Waals surface area contributed by atoms with E-state index in [0.717, 1.165) is 36.9 Å². The van der Waals surface area contributed by atoms with Gasteiger partial charge in [0.05, 0.1) is 17.1 Å². The number of pyridine rings is 1. The number of aromatic nitrogens is 3. The van der Waals surface area contributed by atoms with Gasteiger partial charge in [-0.3, -0.25) is 14.6 Å². The molecule has 1 saturated carbocycles. The summed E-state index contributed by atoms with van der Waals surface area (Å²) in [5, 5.41) is 5.96. The summed E-state index contributed by atoms with van der Waals surface area (Å²) in [4.78, 5) is 39.3. The summed E-state index contributed by atoms with van der Waals surface area (Å²) in [6.45, 7) is 2.90. The van der Waals surface area contributed by atoms with Crippen LogP contribution in [-0.4, -0.2) is 51.9 Å². The number of anilines is 2. The molecule has 2 fully saturated rings. The predicted octanol–water partition coefficient (Wildman–Crippen LogP) is 3.77. The Balaban J connectivity index is 1.24. The molecule has 2 aliphatic rings. The first-order chi connectivity index (χ1) is 18.4. The van der Waals surface area contributed by atoms with E-state index < -0.39 is 11.7 Å². The van der Waals surface area contributed by atoms with E-state index >= 15 is 4.39 Å². The minimum atomic E-state index is -0.466. The van der Waals surface area contributed by atoms with Gasteiger partial charge in [-0.2, -0.15) is 0 Å². The largest absolute Gasteiger partial charge is 0.367 e. The van der Waals surface area contributed by atoms with Gasteiger partial charge in [0.1, 0.15) is 5.82 Å². The Morgan fingerprint density at radius 3 is 2.68 bits per heavy atom. The Bertz CT molecular complexity index is 1300. The Labute approximate surface area is 221 Å². The first-order valence-corrected chi connectivity index (χ1v) is 13.3. The van der Waals surface area contributed by atoms with Gasteiger partial charge < -0.3 is 26.3 Å². The fourth-order valence-corrected chi connectivity index (χ4v) is 5.41. The number of rotatable bonds is 6. The van der Waals surface area contributed by atoms with Crippen molar-refractivity contribution in [2.45, 2.75) is 57.5 Å². The molecule has 3 aromatic rings. The van der Waals surface area contributed by atoms with Gasteiger partial charge >= 0.3 is 0 Å². The molecule has 2 unspecified atom stereocenters. The van der Waals surface area contributed by atoms with Gasteiger partial charge in [0.25, 0.3) is 5.91 Å². The van der Waals surface area contributed by atoms with E-state index in [1.807, 2.05) is 24.0 Å². The Hall–Kier alpha value is -3.79. The number of nitrogens with two attached hydrogens (primary N) is 1. The van der Waals surface area contributed by atoms with Crippen LogP contribution in [-0.2, 0) is 4.79 Å². The van der Waals surface area contributed by atoms with Gasteiger partial charge in [0.2, 0.25) is 5.91 Å². The maximum absolute atomic E-state index is 15.0. The van der Waals surface area contributed by atoms with Crippen molar-refractivity contribution in [1.82, 2.24) is 20.3 Å². The molecule has 0 bridgehead atoms. The Morgan fingerprint density at radius 1 is 1.13 bits per heavy atom. The van der Waals surface area contributed by atoms with Crippen molar-refractivity contribution in [3.05, 3.63) is 60.1 Å². The molecule has 1 aliphatic heterocycles. The number of aromatic amines is 1. The fraction of sp³-hybridized carbons (Fsp3) is 0.429. The summed E-state index contributed by atoms with van der Waals surface area (Å²) in [5.74, 6) is -0.866. The van der Waals surface area contributed by atoms with Crippen LogP contribution < -0.4 is 21.3 Å². The third-order valence-electron chi connectivity index (χ3n) is 7.55. The van der Waals surface area contributed by atoms with Crippen LogP contribution in [0.25, 0.3) is 11.3 Å². The number of H-pyrrole nitrogens is 1. The van der Waals surface area contributed by atoms with Crippen LogP contribution in [0.15, 0.2) is 42.7 Å². The summed E-state index contributed by atoms with van der Waals surface area (Å²) in [7, 11) is 0. The number of hydrogen-bond donors (Lipinski definition) is 4. The van der Waals surface area contributed by atoms with Gasteiger partial charge in [0, 0.05) is 54.7 Å². The number of piperidine rings is 1. The highest BCUT2D eigenvalue weighted by Gasteiger charge is 2.31. The molecule has 38 heavy (non-hydrogen) atoms. The standard InChI is InChI=1S/C28H34FN7O2/c1-17-15-19(9-12-31-17)24-16-32-26(33-24)28(38)35-23-8-4-5-20(29)25(23)36-13-10-18(11-14-36)27(37)34-22-7-3-2-6-21(22)30/h4-5,8-9,12,15-16,18,21-22H,2-3,6-7,10-11,13-14,30H2,1H3,(H,32,33)(H,34,37)(H,35,38). The van der Waals surface area contributed by atoms with Crippen molar-refractivity contribution in [3.63, 3.8) is 0 Å². The molecule has 10 heteroatoms. The van der Waals surface area contributed by atoms with Crippen LogP contribution in [0.4, 0.5) is 15.8 Å². The van der Waals surface area contributed by atoms with Crippen molar-refractivity contribution in [2.75, 3.05) is 23.3 Å². The third-order valence-corrected chi connectivity index (χ3v) is 7.55. The number of aryl methyl sites for hydroxylation is 1. The van der Waals surface area contributed by atoms with Crippen LogP contribution >= 0.6 is 0 Å². The molecular formula is C28H34FN7O2. The molecule has 5 rings (SSSR count). The molecule has 2 atom stereocenters. The number of halogens is 1. The van der Waals surface area contributed by atoms with E-state index in [1.54, 1.807) is 24.5 Å². The number of benzene rings is 1. The second-order valence-corrected chi connectivity index (χ2v) is 10.2. The summed E-state index contributed by atoms with van der Waals surface area (Å²) in [6.07, 6.45) is 8.60. The zero-order chi connectivity index (χ0) is 26.6. The van der Waals surface area contributed by atoms with Crippen molar-refractivity contribution in [2.24, 2.45) is 11.7 Å². The number of carbonyl (C=O) groups is 2. The van der Waals surface area contributed by atoms with Crippen molar-refractivity contribution in [1.29, 1.82) is 0 Å². The highest BCUT2D eigenvalue weighted by Crippen LogP contribution is 2.33. The van der Waals surface area contributed by atoms with Crippen LogP contribution in [0.2, 0.25) is 0 Å². The summed E-state index contributed by atoms with van der Waals surface area (Å²) < 4.78 is 15.0. The molecule has 0 radical (unpaired) electrons. The first-order valence-electron chi connectivity index (χ1n) is 13.3. The molecule has 1 saturated heterocycles. The number of carbonyl (C=O) groups excluding carboxylic acids is 2. The van der Waals surface area contributed by atoms with Gasteiger partial charge in [-0.25, -0.2) is 9.37 Å². The molecule has 0 spiro atoms. The lowest BCUT2D eigenvalue weighted by Crippen LogP contribution is -2.52. The van der Waals surface area contributed by atoms with Crippen LogP contribution in [0.1, 0.15) is 54.8 Å². The molecule has 1 aliphatic carbocycles. The van der Waals surface area contributed by atoms with Crippen LogP contribution in [0.3, 0.4) is 0 Å². The number of para-hydroxylation sites is 1. The van der Waals surface area contributed by atoms with Crippen molar-refractivity contribution < 1.29 is 14.0 Å². The summed E-state index contributed by atoms with van der Waals surface area (Å²) in [6, 6.07) is 8.37. The van der Waals surface area contributed by atoms with Crippen molar-refractivity contribution >= 4 is 23.2 Å². The minimum absolute atomic E-state index is 0.0106. The summed E-state index contributed by atoms with van der Waals surface area (Å²) >= 11 is 0. The maximum atomic E-state index is 15.0. The lowest BCUT2D eigenvalue weighted by molar-refractivity contribution is -0.126. The molecule has 2 amide bonds. The highest BCUT2D eigenvalue weighted by molar-refractivity contribution is 6.04. The second-order valence-electron chi connectivity index (χ2n) is 10.2. The normalized spacial score (nSPS) is 20.2. The van der Waals surface area contributed by atoms with Gasteiger partial charge in [-0.1, -0.05) is 18.9 Å². The maximum Gasteiger partial charge on any atom is 0.291 e. The topological polar surface area (TPSA) is 129 Å². The van der Waals surface area contributed by atoms with Gasteiger partial charge in [-0.15, -0.1) is 0 Å². The quantitative estimate of drug-likeness (QED) is 0.392. The molecule has 3 heterocycles. The number of nitrogens with one attached hydrogen (secondary N) is 3. The van der Waals surface area contributed by atoms with E-state index in [9.17, 15) is 9.59 Å². The van der Waals surface area contributed by atoms with Crippen molar-refractivity contribution in [3.8, 4) is 11.3 Å². The number of hydrogen-bond acceptors (Lipinski definition) is 6. The molecular weight excluding hydrogens is 485 g/mol. The Kier molecular flexibility index (Phi) is 7.69. The van der Waals surface area contributed by atoms with E-state index in [-0.39, 0.29) is 29.7 Å².